The molecule has 0 fully saturated rings. The first-order chi connectivity index (χ1) is 13.4. The number of hydrogen-bond acceptors (Lipinski definition) is 6. The quantitative estimate of drug-likeness (QED) is 0.676. The van der Waals surface area contributed by atoms with Crippen LogP contribution < -0.4 is 15.1 Å². The second-order valence-electron chi connectivity index (χ2n) is 6.54. The zero-order valence-electron chi connectivity index (χ0n) is 15.0. The average molecular weight is 399 g/mol. The highest BCUT2D eigenvalue weighted by Crippen LogP contribution is 2.38. The lowest BCUT2D eigenvalue weighted by Crippen LogP contribution is -2.34. The number of amides is 1. The van der Waals surface area contributed by atoms with Crippen molar-refractivity contribution in [3.8, 4) is 5.75 Å². The van der Waals surface area contributed by atoms with Crippen LogP contribution in [-0.2, 0) is 21.2 Å². The molecule has 7 nitrogen and oxygen atoms in total. The highest BCUT2D eigenvalue weighted by molar-refractivity contribution is 7.90. The van der Waals surface area contributed by atoms with E-state index in [1.54, 1.807) is 13.2 Å². The van der Waals surface area contributed by atoms with Gasteiger partial charge in [0.15, 0.2) is 0 Å². The maximum absolute atomic E-state index is 12.7. The molecular formula is C20H17NO6S. The minimum Gasteiger partial charge on any atom is -0.496 e. The first-order valence-corrected chi connectivity index (χ1v) is 10.1. The highest BCUT2D eigenvalue weighted by atomic mass is 32.2. The summed E-state index contributed by atoms with van der Waals surface area (Å²) >= 11 is 0. The van der Waals surface area contributed by atoms with Crippen LogP contribution in [0.15, 0.2) is 62.6 Å². The molecule has 144 valence electrons. The van der Waals surface area contributed by atoms with Gasteiger partial charge in [0.25, 0.3) is 10.0 Å². The summed E-state index contributed by atoms with van der Waals surface area (Å²) in [6, 6.07) is 12.2. The molecule has 0 saturated heterocycles. The summed E-state index contributed by atoms with van der Waals surface area (Å²) < 4.78 is 37.9. The van der Waals surface area contributed by atoms with E-state index in [0.29, 0.717) is 24.0 Å². The van der Waals surface area contributed by atoms with E-state index >= 15 is 0 Å². The molecule has 0 aliphatic heterocycles. The van der Waals surface area contributed by atoms with Gasteiger partial charge in [-0.1, -0.05) is 12.1 Å². The number of rotatable bonds is 4. The fourth-order valence-corrected chi connectivity index (χ4v) is 4.62. The van der Waals surface area contributed by atoms with Gasteiger partial charge in [0.1, 0.15) is 11.3 Å². The lowest BCUT2D eigenvalue weighted by Gasteiger charge is -2.14. The van der Waals surface area contributed by atoms with Crippen LogP contribution in [-0.4, -0.2) is 21.4 Å². The van der Waals surface area contributed by atoms with Crippen molar-refractivity contribution in [1.29, 1.82) is 0 Å². The molecule has 1 heterocycles. The molecule has 3 aromatic rings. The smallest absolute Gasteiger partial charge is 0.336 e. The molecule has 1 aliphatic carbocycles. The van der Waals surface area contributed by atoms with Crippen molar-refractivity contribution >= 4 is 26.9 Å². The van der Waals surface area contributed by atoms with Gasteiger partial charge in [0, 0.05) is 11.5 Å². The van der Waals surface area contributed by atoms with Gasteiger partial charge in [-0.05, 0) is 54.3 Å². The zero-order valence-corrected chi connectivity index (χ0v) is 15.8. The minimum absolute atomic E-state index is 0.0777. The van der Waals surface area contributed by atoms with E-state index in [0.717, 1.165) is 11.1 Å². The monoisotopic (exact) mass is 399 g/mol. The molecule has 1 amide bonds. The first-order valence-electron chi connectivity index (χ1n) is 8.65. The van der Waals surface area contributed by atoms with Crippen molar-refractivity contribution < 1.29 is 22.4 Å². The maximum Gasteiger partial charge on any atom is 0.336 e. The number of benzene rings is 2. The van der Waals surface area contributed by atoms with E-state index in [1.807, 2.05) is 12.1 Å². The van der Waals surface area contributed by atoms with Gasteiger partial charge in [0.2, 0.25) is 5.91 Å². The molecule has 0 radical (unpaired) electrons. The van der Waals surface area contributed by atoms with Crippen LogP contribution in [0.2, 0.25) is 0 Å². The van der Waals surface area contributed by atoms with Gasteiger partial charge in [0.05, 0.1) is 17.9 Å². The zero-order chi connectivity index (χ0) is 19.9. The topological polar surface area (TPSA) is 103 Å². The number of hydrogen-bond donors (Lipinski definition) is 1. The van der Waals surface area contributed by atoms with Crippen LogP contribution in [0.4, 0.5) is 0 Å². The van der Waals surface area contributed by atoms with Crippen LogP contribution in [0.5, 0.6) is 5.75 Å². The highest BCUT2D eigenvalue weighted by Gasteiger charge is 2.33. The summed E-state index contributed by atoms with van der Waals surface area (Å²) in [6.45, 7) is 0. The SMILES string of the molecule is COc1cccc2c1CCC2C(=O)NS(=O)(=O)c1ccc2oc(=O)ccc2c1. The Morgan fingerprint density at radius 3 is 2.79 bits per heavy atom. The lowest BCUT2D eigenvalue weighted by molar-refractivity contribution is -0.120. The number of nitrogens with one attached hydrogen (secondary N) is 1. The van der Waals surface area contributed by atoms with E-state index in [-0.39, 0.29) is 10.5 Å². The molecule has 2 aromatic carbocycles. The summed E-state index contributed by atoms with van der Waals surface area (Å²) in [5.41, 5.74) is 1.47. The molecule has 28 heavy (non-hydrogen) atoms. The molecule has 0 bridgehead atoms. The number of carbonyl (C=O) groups is 1. The summed E-state index contributed by atoms with van der Waals surface area (Å²) in [5, 5.41) is 0.450. The van der Waals surface area contributed by atoms with E-state index in [9.17, 15) is 18.0 Å². The molecule has 1 atom stereocenters. The normalized spacial score (nSPS) is 16.0. The van der Waals surface area contributed by atoms with Crippen molar-refractivity contribution in [3.63, 3.8) is 0 Å². The van der Waals surface area contributed by atoms with E-state index in [2.05, 4.69) is 4.72 Å². The van der Waals surface area contributed by atoms with Crippen LogP contribution in [0.1, 0.15) is 23.5 Å². The van der Waals surface area contributed by atoms with E-state index in [1.165, 1.54) is 30.3 Å². The fourth-order valence-electron chi connectivity index (χ4n) is 3.56. The third-order valence-corrected chi connectivity index (χ3v) is 6.24. The predicted octanol–water partition coefficient (Wildman–Crippen LogP) is 2.34. The summed E-state index contributed by atoms with van der Waals surface area (Å²) in [5.74, 6) is -0.434. The number of fused-ring (bicyclic) bond motifs is 2. The van der Waals surface area contributed by atoms with Crippen molar-refractivity contribution in [1.82, 2.24) is 4.72 Å². The van der Waals surface area contributed by atoms with Crippen LogP contribution >= 0.6 is 0 Å². The molecule has 1 aliphatic rings. The average Bonchev–Trinajstić information content (AvgIpc) is 3.11. The Bertz CT molecular complexity index is 1250. The number of carbonyl (C=O) groups excluding carboxylic acids is 1. The Hall–Kier alpha value is -3.13. The number of sulfonamides is 1. The molecule has 8 heteroatoms. The third-order valence-electron chi connectivity index (χ3n) is 4.90. The molecule has 0 spiro atoms. The van der Waals surface area contributed by atoms with Crippen molar-refractivity contribution in [3.05, 3.63) is 70.1 Å². The van der Waals surface area contributed by atoms with Gasteiger partial charge in [-0.2, -0.15) is 0 Å². The Morgan fingerprint density at radius 2 is 2.00 bits per heavy atom. The molecule has 0 saturated carbocycles. The summed E-state index contributed by atoms with van der Waals surface area (Å²) in [7, 11) is -2.50. The first kappa shape index (κ1) is 18.2. The van der Waals surface area contributed by atoms with E-state index < -0.39 is 27.5 Å². The van der Waals surface area contributed by atoms with Gasteiger partial charge in [-0.25, -0.2) is 17.9 Å². The van der Waals surface area contributed by atoms with Crippen LogP contribution in [0.3, 0.4) is 0 Å². The maximum atomic E-state index is 12.7. The minimum atomic E-state index is -4.07. The lowest BCUT2D eigenvalue weighted by atomic mass is 10.0. The van der Waals surface area contributed by atoms with Gasteiger partial charge in [-0.15, -0.1) is 0 Å². The molecule has 1 unspecified atom stereocenters. The Balaban J connectivity index is 1.62. The summed E-state index contributed by atoms with van der Waals surface area (Å²) in [4.78, 5) is 23.9. The molecule has 1 aromatic heterocycles. The van der Waals surface area contributed by atoms with Gasteiger partial charge < -0.3 is 9.15 Å². The third kappa shape index (κ3) is 3.16. The molecular weight excluding hydrogens is 382 g/mol. The van der Waals surface area contributed by atoms with Crippen molar-refractivity contribution in [2.24, 2.45) is 0 Å². The van der Waals surface area contributed by atoms with Crippen LogP contribution in [0, 0.1) is 0 Å². The number of methoxy groups -OCH3 is 1. The van der Waals surface area contributed by atoms with Gasteiger partial charge in [-0.3, -0.25) is 4.79 Å². The Labute approximate surface area is 161 Å². The second-order valence-corrected chi connectivity index (χ2v) is 8.23. The predicted molar refractivity (Wildman–Crippen MR) is 102 cm³/mol. The standard InChI is InChI=1S/C20H17NO6S/c1-26-18-4-2-3-14-15(18)7-8-16(14)20(23)21-28(24,25)13-6-9-17-12(11-13)5-10-19(22)27-17/h2-6,9-11,16H,7-8H2,1H3,(H,21,23). The molecule has 1 N–H and O–H groups in total. The fraction of sp³-hybridized carbons (Fsp3) is 0.200. The van der Waals surface area contributed by atoms with Crippen LogP contribution in [0.25, 0.3) is 11.0 Å². The van der Waals surface area contributed by atoms with Crippen molar-refractivity contribution in [2.45, 2.75) is 23.7 Å². The Morgan fingerprint density at radius 1 is 1.18 bits per heavy atom. The molecule has 4 rings (SSSR count). The van der Waals surface area contributed by atoms with E-state index in [4.69, 9.17) is 9.15 Å². The second kappa shape index (κ2) is 6.79. The largest absolute Gasteiger partial charge is 0.496 e. The number of ether oxygens (including phenoxy) is 1. The Kier molecular flexibility index (Phi) is 4.43. The van der Waals surface area contributed by atoms with Crippen molar-refractivity contribution in [2.75, 3.05) is 7.11 Å². The van der Waals surface area contributed by atoms with Gasteiger partial charge >= 0.3 is 5.63 Å². The summed E-state index contributed by atoms with van der Waals surface area (Å²) in [6.07, 6.45) is 1.16.